The first-order valence-corrected chi connectivity index (χ1v) is 27.1. The lowest BCUT2D eigenvalue weighted by atomic mass is 9.81. The standard InChI is InChI=1S/C28H20ClF4N7O3.C14H15BN2O5.C14H7BrClF4N5/c1-15(16-5-8-34-9-6-16)43-25-19(26(41)42-2)11-17(13-35-25)20-14-36-27(37-18-3-4-22(30)21(29)12-18)38-24(20)40-10-7-23(39-40)28(31,32)33;1-9(10-3-5-16-6-4-10)22-13-12(14(18)21-2)7-11(8-17-13)15(19)20;15-8-6-21-13(22-7-1-2-10(17)9(16)5-7)23-12(8)25-4-3-11(24-25)14(18,19)20/h3-15H,1-2H3,(H,36,37,38);3-9,19-20H,1-2H3;1-6H,(H,21,22,23). The van der Waals surface area contributed by atoms with Crippen molar-refractivity contribution in [3.05, 3.63) is 207 Å². The Labute approximate surface area is 522 Å². The maximum atomic E-state index is 13.6. The number of nitrogens with one attached hydrogen (secondary N) is 2. The van der Waals surface area contributed by atoms with E-state index in [-0.39, 0.29) is 79.2 Å². The lowest BCUT2D eigenvalue weighted by Gasteiger charge is -2.17. The molecule has 0 radical (unpaired) electrons. The second-order valence-electron chi connectivity index (χ2n) is 18.2. The maximum Gasteiger partial charge on any atom is 0.490 e. The van der Waals surface area contributed by atoms with Crippen molar-refractivity contribution in [1.29, 1.82) is 0 Å². The third-order valence-corrected chi connectivity index (χ3v) is 13.2. The largest absolute Gasteiger partial charge is 0.490 e. The predicted octanol–water partition coefficient (Wildman–Crippen LogP) is 11.7. The first-order valence-electron chi connectivity index (χ1n) is 25.6. The van der Waals surface area contributed by atoms with Crippen molar-refractivity contribution in [3.63, 3.8) is 0 Å². The van der Waals surface area contributed by atoms with Crippen LogP contribution in [0.4, 0.5) is 58.4 Å². The van der Waals surface area contributed by atoms with E-state index in [4.69, 9.17) is 47.5 Å². The molecule has 34 heteroatoms. The number of nitrogens with zero attached hydrogens (tertiary/aromatic N) is 12. The summed E-state index contributed by atoms with van der Waals surface area (Å²) in [6.07, 6.45) is 3.75. The number of anilines is 4. The highest BCUT2D eigenvalue weighted by Crippen LogP contribution is 2.35. The van der Waals surface area contributed by atoms with E-state index in [1.807, 2.05) is 0 Å². The lowest BCUT2D eigenvalue weighted by Crippen LogP contribution is -2.31. The number of benzene rings is 2. The number of esters is 2. The SMILES string of the molecule is COC(=O)c1cc(-c2cnc(Nc3ccc(F)c(Cl)c3)nc2-n2ccc(C(F)(F)F)n2)cnc1OC(C)c1ccncc1.COC(=O)c1cc(B(O)O)cnc1OC(C)c1ccncc1.Fc1ccc(Nc2ncc(Br)c(-n3ccc(C(F)(F)F)n3)n2)cc1Cl. The van der Waals surface area contributed by atoms with E-state index >= 15 is 0 Å². The van der Waals surface area contributed by atoms with Crippen molar-refractivity contribution in [1.82, 2.24) is 59.4 Å². The van der Waals surface area contributed by atoms with Gasteiger partial charge in [0.05, 0.1) is 28.7 Å². The molecule has 0 bridgehead atoms. The molecule has 0 aliphatic heterocycles. The normalized spacial score (nSPS) is 11.8. The molecule has 10 rings (SSSR count). The summed E-state index contributed by atoms with van der Waals surface area (Å²) in [6.45, 7) is 3.56. The molecule has 90 heavy (non-hydrogen) atoms. The number of aromatic nitrogens is 12. The highest BCUT2D eigenvalue weighted by molar-refractivity contribution is 9.10. The van der Waals surface area contributed by atoms with E-state index in [1.54, 1.807) is 62.9 Å². The van der Waals surface area contributed by atoms with E-state index in [9.17, 15) is 44.7 Å². The van der Waals surface area contributed by atoms with E-state index < -0.39 is 60.5 Å². The summed E-state index contributed by atoms with van der Waals surface area (Å²) in [5.74, 6) is -2.61. The molecular weight excluding hydrogens is 1310 g/mol. The maximum absolute atomic E-state index is 13.6. The Kier molecular flexibility index (Phi) is 21.4. The van der Waals surface area contributed by atoms with Gasteiger partial charge in [0.25, 0.3) is 0 Å². The van der Waals surface area contributed by atoms with Crippen molar-refractivity contribution in [2.24, 2.45) is 0 Å². The number of halogens is 11. The smallest absolute Gasteiger partial charge is 0.469 e. The summed E-state index contributed by atoms with van der Waals surface area (Å²) < 4.78 is 128. The van der Waals surface area contributed by atoms with Crippen LogP contribution < -0.4 is 25.6 Å². The Balaban J connectivity index is 0.000000189. The number of pyridine rings is 4. The van der Waals surface area contributed by atoms with Crippen LogP contribution in [0.3, 0.4) is 0 Å². The number of rotatable bonds is 16. The van der Waals surface area contributed by atoms with Crippen LogP contribution in [0.1, 0.15) is 69.3 Å². The molecule has 0 spiro atoms. The third kappa shape index (κ3) is 16.9. The fourth-order valence-electron chi connectivity index (χ4n) is 7.63. The van der Waals surface area contributed by atoms with Gasteiger partial charge in [0.1, 0.15) is 35.0 Å². The van der Waals surface area contributed by atoms with Crippen molar-refractivity contribution < 1.29 is 73.7 Å². The topological polar surface area (TPSA) is 274 Å². The summed E-state index contributed by atoms with van der Waals surface area (Å²) in [4.78, 5) is 57.4. The average molecular weight is 1350 g/mol. The van der Waals surface area contributed by atoms with Crippen LogP contribution in [0.5, 0.6) is 11.8 Å². The number of alkyl halides is 6. The Morgan fingerprint density at radius 1 is 0.600 bits per heavy atom. The number of carbonyl (C=O) groups excluding carboxylic acids is 2. The Morgan fingerprint density at radius 3 is 1.49 bits per heavy atom. The summed E-state index contributed by atoms with van der Waals surface area (Å²) in [5, 5.41) is 30.8. The van der Waals surface area contributed by atoms with Crippen LogP contribution in [0, 0.1) is 11.6 Å². The van der Waals surface area contributed by atoms with Gasteiger partial charge in [0.15, 0.2) is 23.0 Å². The summed E-state index contributed by atoms with van der Waals surface area (Å²) in [7, 11) is 0.674. The highest BCUT2D eigenvalue weighted by atomic mass is 79.9. The molecule has 0 amide bonds. The van der Waals surface area contributed by atoms with Gasteiger partial charge in [-0.2, -0.15) is 46.5 Å². The minimum absolute atomic E-state index is 0.0222. The molecule has 8 aromatic heterocycles. The highest BCUT2D eigenvalue weighted by Gasteiger charge is 2.35. The second kappa shape index (κ2) is 29.0. The number of methoxy groups -OCH3 is 2. The molecule has 8 heterocycles. The molecule has 10 aromatic rings. The van der Waals surface area contributed by atoms with Gasteiger partial charge in [0, 0.05) is 89.9 Å². The van der Waals surface area contributed by atoms with Gasteiger partial charge >= 0.3 is 31.4 Å². The number of hydrogen-bond acceptors (Lipinski definition) is 20. The average Bonchev–Trinajstić information content (AvgIpc) is 2.71. The number of carbonyl (C=O) groups is 2. The molecule has 464 valence electrons. The van der Waals surface area contributed by atoms with Crippen LogP contribution in [0.2, 0.25) is 10.0 Å². The fraction of sp³-hybridized carbons (Fsp3) is 0.143. The predicted molar refractivity (Wildman–Crippen MR) is 312 cm³/mol. The van der Waals surface area contributed by atoms with Crippen molar-refractivity contribution in [2.45, 2.75) is 38.4 Å². The monoisotopic (exact) mass is 1350 g/mol. The van der Waals surface area contributed by atoms with E-state index in [1.165, 1.54) is 75.4 Å². The molecule has 0 fully saturated rings. The van der Waals surface area contributed by atoms with Crippen LogP contribution >= 0.6 is 39.1 Å². The van der Waals surface area contributed by atoms with Gasteiger partial charge < -0.3 is 39.6 Å². The molecule has 0 saturated carbocycles. The molecule has 0 aliphatic carbocycles. The molecule has 22 nitrogen and oxygen atoms in total. The second-order valence-corrected chi connectivity index (χ2v) is 19.9. The Morgan fingerprint density at radius 2 is 1.04 bits per heavy atom. The van der Waals surface area contributed by atoms with Crippen LogP contribution in [0.15, 0.2) is 151 Å². The van der Waals surface area contributed by atoms with Crippen LogP contribution in [0.25, 0.3) is 22.8 Å². The molecule has 2 aromatic carbocycles. The number of hydrogen-bond donors (Lipinski definition) is 4. The summed E-state index contributed by atoms with van der Waals surface area (Å²) in [6, 6.07) is 19.1. The number of ether oxygens (including phenoxy) is 4. The third-order valence-electron chi connectivity index (χ3n) is 12.1. The molecule has 0 saturated heterocycles. The quantitative estimate of drug-likeness (QED) is 0.0397. The van der Waals surface area contributed by atoms with Gasteiger partial charge in [-0.3, -0.25) is 9.97 Å². The Bertz CT molecular complexity index is 4170. The van der Waals surface area contributed by atoms with Crippen molar-refractivity contribution in [2.75, 3.05) is 24.9 Å². The lowest BCUT2D eigenvalue weighted by molar-refractivity contribution is -0.142. The van der Waals surface area contributed by atoms with E-state index in [2.05, 4.69) is 81.4 Å². The summed E-state index contributed by atoms with van der Waals surface area (Å²) in [5.41, 5.74) is 0.639. The molecule has 4 N–H and O–H groups in total. The summed E-state index contributed by atoms with van der Waals surface area (Å²) >= 11 is 14.7. The van der Waals surface area contributed by atoms with Gasteiger partial charge in [-0.25, -0.2) is 47.7 Å². The van der Waals surface area contributed by atoms with Gasteiger partial charge in [-0.15, -0.1) is 0 Å². The zero-order valence-corrected chi connectivity index (χ0v) is 49.6. The van der Waals surface area contributed by atoms with E-state index in [0.29, 0.717) is 15.8 Å². The zero-order valence-electron chi connectivity index (χ0n) is 46.5. The van der Waals surface area contributed by atoms with Gasteiger partial charge in [0.2, 0.25) is 23.7 Å². The van der Waals surface area contributed by atoms with Crippen molar-refractivity contribution in [3.8, 4) is 34.5 Å². The van der Waals surface area contributed by atoms with Crippen LogP contribution in [-0.4, -0.2) is 103 Å². The minimum Gasteiger partial charge on any atom is -0.469 e. The molecule has 2 atom stereocenters. The van der Waals surface area contributed by atoms with Gasteiger partial charge in [-0.05, 0) is 126 Å². The van der Waals surface area contributed by atoms with E-state index in [0.717, 1.165) is 57.1 Å². The minimum atomic E-state index is -4.71. The first kappa shape index (κ1) is 66.2. The molecular formula is C56H42BBrCl2F8N14O8. The van der Waals surface area contributed by atoms with Crippen molar-refractivity contribution >= 4 is 86.9 Å². The fourth-order valence-corrected chi connectivity index (χ4v) is 8.37. The van der Waals surface area contributed by atoms with Gasteiger partial charge in [-0.1, -0.05) is 23.2 Å². The molecule has 0 aliphatic rings. The molecule has 2 unspecified atom stereocenters. The Hall–Kier alpha value is -9.76. The first-order chi connectivity index (χ1) is 42.8. The van der Waals surface area contributed by atoms with Crippen LogP contribution in [-0.2, 0) is 21.8 Å². The zero-order chi connectivity index (χ0) is 65.0.